The fraction of sp³-hybridized carbons (Fsp3) is 0.167. The highest BCUT2D eigenvalue weighted by atomic mass is 16.5. The summed E-state index contributed by atoms with van der Waals surface area (Å²) in [7, 11) is 2.27. The fourth-order valence-corrected chi connectivity index (χ4v) is 1.26. The van der Waals surface area contributed by atoms with Crippen molar-refractivity contribution in [2.24, 2.45) is 0 Å². The van der Waals surface area contributed by atoms with Gasteiger partial charge in [0.05, 0.1) is 14.2 Å². The van der Waals surface area contributed by atoms with Crippen LogP contribution < -0.4 is 0 Å². The van der Waals surface area contributed by atoms with Crippen LogP contribution in [-0.2, 0) is 19.1 Å². The topological polar surface area (TPSA) is 72.8 Å². The predicted octanol–water partition coefficient (Wildman–Crippen LogP) is 1.30. The molecule has 0 spiro atoms. The largest absolute Gasteiger partial charge is 0.501 e. The van der Waals surface area contributed by atoms with Crippen LogP contribution in [0.4, 0.5) is 0 Å². The number of carbonyl (C=O) groups excluding carboxylic acids is 2. The van der Waals surface area contributed by atoms with Crippen molar-refractivity contribution in [1.29, 1.82) is 0 Å². The van der Waals surface area contributed by atoms with Crippen molar-refractivity contribution in [3.8, 4) is 0 Å². The van der Waals surface area contributed by atoms with Gasteiger partial charge in [-0.1, -0.05) is 30.3 Å². The van der Waals surface area contributed by atoms with Crippen molar-refractivity contribution in [1.82, 2.24) is 0 Å². The van der Waals surface area contributed by atoms with Gasteiger partial charge >= 0.3 is 11.9 Å². The zero-order valence-electron chi connectivity index (χ0n) is 9.47. The second-order valence-electron chi connectivity index (χ2n) is 3.07. The number of hydrogen-bond donors (Lipinski definition) is 1. The Morgan fingerprint density at radius 2 is 1.53 bits per heavy atom. The molecule has 1 N–H and O–H groups in total. The van der Waals surface area contributed by atoms with E-state index in [0.717, 1.165) is 14.2 Å². The molecule has 0 amide bonds. The van der Waals surface area contributed by atoms with E-state index < -0.39 is 17.7 Å². The number of ether oxygens (including phenoxy) is 2. The Morgan fingerprint density at radius 1 is 1.00 bits per heavy atom. The molecule has 17 heavy (non-hydrogen) atoms. The monoisotopic (exact) mass is 236 g/mol. The molecule has 0 heterocycles. The van der Waals surface area contributed by atoms with Crippen LogP contribution in [0.3, 0.4) is 0 Å². The third-order valence-electron chi connectivity index (χ3n) is 2.07. The number of carbonyl (C=O) groups is 2. The zero-order valence-corrected chi connectivity index (χ0v) is 9.47. The maximum absolute atomic E-state index is 11.5. The van der Waals surface area contributed by atoms with Crippen LogP contribution >= 0.6 is 0 Å². The summed E-state index contributed by atoms with van der Waals surface area (Å²) in [4.78, 5) is 22.7. The molecule has 5 heteroatoms. The Labute approximate surface area is 98.3 Å². The SMILES string of the molecule is COC(=O)/C(O)=C(\C(=O)OC)c1ccccc1. The molecular weight excluding hydrogens is 224 g/mol. The highest BCUT2D eigenvalue weighted by Gasteiger charge is 2.23. The Kier molecular flexibility index (Phi) is 4.28. The van der Waals surface area contributed by atoms with Crippen LogP contribution in [0.2, 0.25) is 0 Å². The van der Waals surface area contributed by atoms with Gasteiger partial charge in [0, 0.05) is 0 Å². The minimum atomic E-state index is -0.991. The van der Waals surface area contributed by atoms with Crippen molar-refractivity contribution in [3.63, 3.8) is 0 Å². The molecule has 0 aliphatic carbocycles. The first-order valence-corrected chi connectivity index (χ1v) is 4.77. The molecule has 1 aromatic carbocycles. The normalized spacial score (nSPS) is 11.4. The van der Waals surface area contributed by atoms with E-state index in [1.165, 1.54) is 0 Å². The second kappa shape index (κ2) is 5.69. The van der Waals surface area contributed by atoms with Crippen molar-refractivity contribution < 1.29 is 24.2 Å². The van der Waals surface area contributed by atoms with Gasteiger partial charge in [0.15, 0.2) is 0 Å². The van der Waals surface area contributed by atoms with Gasteiger partial charge in [-0.25, -0.2) is 9.59 Å². The van der Waals surface area contributed by atoms with Crippen molar-refractivity contribution in [3.05, 3.63) is 41.7 Å². The number of methoxy groups -OCH3 is 2. The summed E-state index contributed by atoms with van der Waals surface area (Å²) in [5, 5.41) is 9.64. The maximum Gasteiger partial charge on any atom is 0.374 e. The molecular formula is C12H12O5. The summed E-state index contributed by atoms with van der Waals surface area (Å²) in [6.07, 6.45) is 0. The highest BCUT2D eigenvalue weighted by Crippen LogP contribution is 2.19. The summed E-state index contributed by atoms with van der Waals surface area (Å²) < 4.78 is 8.87. The summed E-state index contributed by atoms with van der Waals surface area (Å²) in [5.74, 6) is -2.57. The second-order valence-corrected chi connectivity index (χ2v) is 3.07. The molecule has 1 aromatic rings. The van der Waals surface area contributed by atoms with Gasteiger partial charge < -0.3 is 14.6 Å². The highest BCUT2D eigenvalue weighted by molar-refractivity contribution is 6.21. The van der Waals surface area contributed by atoms with Gasteiger partial charge in [-0.15, -0.1) is 0 Å². The molecule has 0 aromatic heterocycles. The number of esters is 2. The van der Waals surface area contributed by atoms with Gasteiger partial charge in [-0.2, -0.15) is 0 Å². The smallest absolute Gasteiger partial charge is 0.374 e. The standard InChI is InChI=1S/C12H12O5/c1-16-11(14)9(10(13)12(15)17-2)8-6-4-3-5-7-8/h3-7,13H,1-2H3/b10-9+. The number of rotatable bonds is 3. The minimum Gasteiger partial charge on any atom is -0.501 e. The first-order chi connectivity index (χ1) is 8.11. The molecule has 1 rings (SSSR count). The molecule has 0 radical (unpaired) electrons. The van der Waals surface area contributed by atoms with Crippen LogP contribution in [0.15, 0.2) is 36.1 Å². The average molecular weight is 236 g/mol. The predicted molar refractivity (Wildman–Crippen MR) is 60.0 cm³/mol. The first kappa shape index (κ1) is 12.8. The molecule has 0 fully saturated rings. The average Bonchev–Trinajstić information content (AvgIpc) is 2.38. The van der Waals surface area contributed by atoms with E-state index in [9.17, 15) is 14.7 Å². The first-order valence-electron chi connectivity index (χ1n) is 4.77. The molecule has 90 valence electrons. The van der Waals surface area contributed by atoms with Crippen LogP contribution in [0, 0.1) is 0 Å². The molecule has 0 bridgehead atoms. The summed E-state index contributed by atoms with van der Waals surface area (Å²) in [5.41, 5.74) is 0.155. The third-order valence-corrected chi connectivity index (χ3v) is 2.07. The molecule has 0 aliphatic heterocycles. The van der Waals surface area contributed by atoms with Crippen molar-refractivity contribution >= 4 is 17.5 Å². The van der Waals surface area contributed by atoms with Crippen LogP contribution in [0.1, 0.15) is 5.56 Å². The van der Waals surface area contributed by atoms with Crippen LogP contribution in [0.25, 0.3) is 5.57 Å². The lowest BCUT2D eigenvalue weighted by molar-refractivity contribution is -0.140. The van der Waals surface area contributed by atoms with Gasteiger partial charge in [-0.05, 0) is 5.56 Å². The van der Waals surface area contributed by atoms with Gasteiger partial charge in [-0.3, -0.25) is 0 Å². The van der Waals surface area contributed by atoms with E-state index in [1.807, 2.05) is 0 Å². The molecule has 0 aliphatic rings. The Morgan fingerprint density at radius 3 is 2.00 bits per heavy atom. The van der Waals surface area contributed by atoms with Gasteiger partial charge in [0.2, 0.25) is 5.76 Å². The molecule has 0 saturated carbocycles. The lowest BCUT2D eigenvalue weighted by Crippen LogP contribution is -2.13. The number of benzene rings is 1. The molecule has 5 nitrogen and oxygen atoms in total. The van der Waals surface area contributed by atoms with E-state index in [1.54, 1.807) is 30.3 Å². The third kappa shape index (κ3) is 2.84. The number of hydrogen-bond acceptors (Lipinski definition) is 5. The van der Waals surface area contributed by atoms with E-state index in [2.05, 4.69) is 9.47 Å². The minimum absolute atomic E-state index is 0.222. The van der Waals surface area contributed by atoms with E-state index >= 15 is 0 Å². The Bertz CT molecular complexity index is 447. The van der Waals surface area contributed by atoms with Crippen molar-refractivity contribution in [2.75, 3.05) is 14.2 Å². The molecule has 0 atom stereocenters. The van der Waals surface area contributed by atoms with Gasteiger partial charge in [0.25, 0.3) is 0 Å². The van der Waals surface area contributed by atoms with Crippen LogP contribution in [-0.4, -0.2) is 31.3 Å². The number of aliphatic hydroxyl groups excluding tert-OH is 1. The summed E-state index contributed by atoms with van der Waals surface area (Å²) >= 11 is 0. The Hall–Kier alpha value is -2.30. The molecule has 0 saturated heterocycles. The van der Waals surface area contributed by atoms with Crippen molar-refractivity contribution in [2.45, 2.75) is 0 Å². The van der Waals surface area contributed by atoms with Gasteiger partial charge in [0.1, 0.15) is 5.57 Å². The Balaban J connectivity index is 3.32. The van der Waals surface area contributed by atoms with E-state index in [-0.39, 0.29) is 5.57 Å². The quantitative estimate of drug-likeness (QED) is 0.486. The lowest BCUT2D eigenvalue weighted by Gasteiger charge is -2.07. The lowest BCUT2D eigenvalue weighted by atomic mass is 10.0. The molecule has 0 unspecified atom stereocenters. The summed E-state index contributed by atoms with van der Waals surface area (Å²) in [6, 6.07) is 8.23. The number of aliphatic hydroxyl groups is 1. The maximum atomic E-state index is 11.5. The fourth-order valence-electron chi connectivity index (χ4n) is 1.26. The summed E-state index contributed by atoms with van der Waals surface area (Å²) in [6.45, 7) is 0. The zero-order chi connectivity index (χ0) is 12.8. The van der Waals surface area contributed by atoms with Crippen LogP contribution in [0.5, 0.6) is 0 Å². The van der Waals surface area contributed by atoms with E-state index in [0.29, 0.717) is 5.56 Å². The van der Waals surface area contributed by atoms with E-state index in [4.69, 9.17) is 0 Å².